The molecular formula is C19H19NO7. The van der Waals surface area contributed by atoms with Gasteiger partial charge in [-0.3, -0.25) is 4.79 Å². The summed E-state index contributed by atoms with van der Waals surface area (Å²) in [5.41, 5.74) is 0.951. The largest absolute Gasteiger partial charge is 0.497 e. The zero-order valence-electron chi connectivity index (χ0n) is 15.1. The lowest BCUT2D eigenvalue weighted by atomic mass is 10.1. The summed E-state index contributed by atoms with van der Waals surface area (Å²) in [6.07, 6.45) is 0. The minimum Gasteiger partial charge on any atom is -0.497 e. The van der Waals surface area contributed by atoms with E-state index in [1.54, 1.807) is 18.2 Å². The van der Waals surface area contributed by atoms with E-state index in [2.05, 4.69) is 10.1 Å². The molecule has 0 aliphatic rings. The molecule has 2 rings (SSSR count). The lowest BCUT2D eigenvalue weighted by Gasteiger charge is -2.10. The fraction of sp³-hybridized carbons (Fsp3) is 0.211. The Morgan fingerprint density at radius 3 is 1.81 bits per heavy atom. The minimum atomic E-state index is -0.690. The molecule has 2 aromatic rings. The number of esters is 2. The summed E-state index contributed by atoms with van der Waals surface area (Å²) in [6, 6.07) is 10.6. The lowest BCUT2D eigenvalue weighted by Crippen LogP contribution is -2.21. The molecule has 0 saturated heterocycles. The van der Waals surface area contributed by atoms with E-state index in [0.29, 0.717) is 22.7 Å². The highest BCUT2D eigenvalue weighted by Gasteiger charge is 2.13. The van der Waals surface area contributed by atoms with Gasteiger partial charge in [0.05, 0.1) is 32.5 Å². The number of ether oxygens (including phenoxy) is 4. The topological polar surface area (TPSA) is 100 Å². The van der Waals surface area contributed by atoms with Crippen LogP contribution >= 0.6 is 0 Å². The van der Waals surface area contributed by atoms with Crippen molar-refractivity contribution in [1.82, 2.24) is 0 Å². The fourth-order valence-electron chi connectivity index (χ4n) is 2.15. The number of carbonyl (C=O) groups is 3. The Morgan fingerprint density at radius 2 is 1.33 bits per heavy atom. The number of rotatable bonds is 7. The summed E-state index contributed by atoms with van der Waals surface area (Å²) in [6.45, 7) is -0.475. The molecule has 2 aromatic carbocycles. The Kier molecular flexibility index (Phi) is 6.76. The first kappa shape index (κ1) is 19.8. The highest BCUT2D eigenvalue weighted by atomic mass is 16.5. The molecule has 0 radical (unpaired) electrons. The van der Waals surface area contributed by atoms with Crippen molar-refractivity contribution in [2.45, 2.75) is 0 Å². The SMILES string of the molecule is COC(=O)c1ccc(C(=O)OCC(=O)Nc2cc(OC)cc(OC)c2)cc1. The van der Waals surface area contributed by atoms with E-state index in [1.807, 2.05) is 0 Å². The molecule has 0 aliphatic heterocycles. The molecule has 0 fully saturated rings. The third-order valence-electron chi connectivity index (χ3n) is 3.51. The molecule has 0 aliphatic carbocycles. The number of anilines is 1. The summed E-state index contributed by atoms with van der Waals surface area (Å²) in [5, 5.41) is 2.59. The summed E-state index contributed by atoms with van der Waals surface area (Å²) in [7, 11) is 4.25. The van der Waals surface area contributed by atoms with Crippen molar-refractivity contribution in [3.05, 3.63) is 53.6 Å². The standard InChI is InChI=1S/C19H19NO7/c1-24-15-8-14(9-16(10-15)25-2)20-17(21)11-27-19(23)13-6-4-12(5-7-13)18(22)26-3/h4-10H,11H2,1-3H3,(H,20,21). The van der Waals surface area contributed by atoms with Crippen molar-refractivity contribution in [3.8, 4) is 11.5 Å². The van der Waals surface area contributed by atoms with E-state index < -0.39 is 24.5 Å². The van der Waals surface area contributed by atoms with E-state index in [0.717, 1.165) is 0 Å². The fourth-order valence-corrected chi connectivity index (χ4v) is 2.15. The van der Waals surface area contributed by atoms with Crippen LogP contribution in [-0.2, 0) is 14.3 Å². The van der Waals surface area contributed by atoms with Gasteiger partial charge in [0.2, 0.25) is 0 Å². The number of hydrogen-bond acceptors (Lipinski definition) is 7. The van der Waals surface area contributed by atoms with Crippen molar-refractivity contribution in [1.29, 1.82) is 0 Å². The maximum Gasteiger partial charge on any atom is 0.338 e. The predicted octanol–water partition coefficient (Wildman–Crippen LogP) is 2.29. The van der Waals surface area contributed by atoms with Crippen molar-refractivity contribution in [2.75, 3.05) is 33.3 Å². The first-order valence-corrected chi connectivity index (χ1v) is 7.85. The molecule has 0 saturated carbocycles. The highest BCUT2D eigenvalue weighted by molar-refractivity contribution is 5.96. The van der Waals surface area contributed by atoms with Crippen LogP contribution in [0.5, 0.6) is 11.5 Å². The molecule has 0 atom stereocenters. The average Bonchev–Trinajstić information content (AvgIpc) is 2.71. The normalized spacial score (nSPS) is 9.89. The quantitative estimate of drug-likeness (QED) is 0.743. The molecule has 142 valence electrons. The number of methoxy groups -OCH3 is 3. The van der Waals surface area contributed by atoms with Gasteiger partial charge in [-0.1, -0.05) is 0 Å². The van der Waals surface area contributed by atoms with Gasteiger partial charge in [-0.2, -0.15) is 0 Å². The molecule has 1 N–H and O–H groups in total. The van der Waals surface area contributed by atoms with E-state index >= 15 is 0 Å². The molecule has 0 aromatic heterocycles. The lowest BCUT2D eigenvalue weighted by molar-refractivity contribution is -0.119. The van der Waals surface area contributed by atoms with E-state index in [-0.39, 0.29) is 5.56 Å². The first-order valence-electron chi connectivity index (χ1n) is 7.85. The number of carbonyl (C=O) groups excluding carboxylic acids is 3. The Morgan fingerprint density at radius 1 is 0.815 bits per heavy atom. The van der Waals surface area contributed by atoms with Crippen LogP contribution in [0.25, 0.3) is 0 Å². The van der Waals surface area contributed by atoms with Crippen molar-refractivity contribution in [3.63, 3.8) is 0 Å². The monoisotopic (exact) mass is 373 g/mol. The van der Waals surface area contributed by atoms with Crippen LogP contribution in [-0.4, -0.2) is 45.8 Å². The van der Waals surface area contributed by atoms with E-state index in [4.69, 9.17) is 14.2 Å². The minimum absolute atomic E-state index is 0.207. The van der Waals surface area contributed by atoms with Gasteiger partial charge in [-0.25, -0.2) is 9.59 Å². The van der Waals surface area contributed by atoms with Crippen LogP contribution in [0.1, 0.15) is 20.7 Å². The maximum atomic E-state index is 12.0. The van der Waals surface area contributed by atoms with Crippen molar-refractivity contribution < 1.29 is 33.3 Å². The summed E-state index contributed by atoms with van der Waals surface area (Å²) in [4.78, 5) is 35.4. The molecule has 0 bridgehead atoms. The number of benzene rings is 2. The molecule has 0 heterocycles. The first-order chi connectivity index (χ1) is 13.0. The zero-order chi connectivity index (χ0) is 19.8. The van der Waals surface area contributed by atoms with Crippen molar-refractivity contribution >= 4 is 23.5 Å². The highest BCUT2D eigenvalue weighted by Crippen LogP contribution is 2.25. The Balaban J connectivity index is 1.93. The Bertz CT molecular complexity index is 808. The second-order valence-electron chi connectivity index (χ2n) is 5.29. The third-order valence-corrected chi connectivity index (χ3v) is 3.51. The van der Waals surface area contributed by atoms with Crippen LogP contribution < -0.4 is 14.8 Å². The predicted molar refractivity (Wildman–Crippen MR) is 96.2 cm³/mol. The molecule has 27 heavy (non-hydrogen) atoms. The number of amides is 1. The van der Waals surface area contributed by atoms with Gasteiger partial charge in [0, 0.05) is 23.9 Å². The van der Waals surface area contributed by atoms with Gasteiger partial charge in [0.25, 0.3) is 5.91 Å². The maximum absolute atomic E-state index is 12.0. The molecule has 0 unspecified atom stereocenters. The van der Waals surface area contributed by atoms with Crippen LogP contribution in [0, 0.1) is 0 Å². The molecular weight excluding hydrogens is 354 g/mol. The smallest absolute Gasteiger partial charge is 0.338 e. The van der Waals surface area contributed by atoms with Crippen LogP contribution in [0.2, 0.25) is 0 Å². The molecule has 0 spiro atoms. The second kappa shape index (κ2) is 9.23. The van der Waals surface area contributed by atoms with Gasteiger partial charge in [0.1, 0.15) is 11.5 Å². The van der Waals surface area contributed by atoms with Gasteiger partial charge in [-0.15, -0.1) is 0 Å². The average molecular weight is 373 g/mol. The van der Waals surface area contributed by atoms with Crippen LogP contribution in [0.3, 0.4) is 0 Å². The molecule has 8 heteroatoms. The van der Waals surface area contributed by atoms with E-state index in [1.165, 1.54) is 45.6 Å². The Labute approximate surface area is 156 Å². The zero-order valence-corrected chi connectivity index (χ0v) is 15.1. The Hall–Kier alpha value is -3.55. The molecule has 8 nitrogen and oxygen atoms in total. The van der Waals surface area contributed by atoms with Crippen LogP contribution in [0.4, 0.5) is 5.69 Å². The number of hydrogen-bond donors (Lipinski definition) is 1. The van der Waals surface area contributed by atoms with Gasteiger partial charge in [-0.05, 0) is 24.3 Å². The van der Waals surface area contributed by atoms with Crippen molar-refractivity contribution in [2.24, 2.45) is 0 Å². The third kappa shape index (κ3) is 5.46. The number of nitrogens with one attached hydrogen (secondary N) is 1. The van der Waals surface area contributed by atoms with Gasteiger partial charge < -0.3 is 24.3 Å². The summed E-state index contributed by atoms with van der Waals surface area (Å²) in [5.74, 6) is -0.711. The van der Waals surface area contributed by atoms with Gasteiger partial charge in [0.15, 0.2) is 6.61 Å². The molecule has 1 amide bonds. The van der Waals surface area contributed by atoms with E-state index in [9.17, 15) is 14.4 Å². The summed E-state index contributed by atoms with van der Waals surface area (Å²) < 4.78 is 19.8. The van der Waals surface area contributed by atoms with Gasteiger partial charge >= 0.3 is 11.9 Å². The van der Waals surface area contributed by atoms with Crippen LogP contribution in [0.15, 0.2) is 42.5 Å². The second-order valence-corrected chi connectivity index (χ2v) is 5.29. The summed E-state index contributed by atoms with van der Waals surface area (Å²) >= 11 is 0.